The highest BCUT2D eigenvalue weighted by atomic mass is 32.2. The maximum absolute atomic E-state index is 5.60. The second kappa shape index (κ2) is 5.28. The van der Waals surface area contributed by atoms with Gasteiger partial charge in [-0.1, -0.05) is 32.5 Å². The van der Waals surface area contributed by atoms with E-state index in [0.29, 0.717) is 5.69 Å². The van der Waals surface area contributed by atoms with Gasteiger partial charge in [-0.15, -0.1) is 11.3 Å². The van der Waals surface area contributed by atoms with Gasteiger partial charge in [0.15, 0.2) is 0 Å². The summed E-state index contributed by atoms with van der Waals surface area (Å²) in [5.74, 6) is 0.859. The Kier molecular flexibility index (Phi) is 3.92. The summed E-state index contributed by atoms with van der Waals surface area (Å²) >= 11 is 3.40. The Bertz CT molecular complexity index is 512. The Morgan fingerprint density at radius 3 is 2.67 bits per heavy atom. The summed E-state index contributed by atoms with van der Waals surface area (Å²) in [4.78, 5) is 8.92. The van der Waals surface area contributed by atoms with Crippen LogP contribution in [-0.4, -0.2) is 9.97 Å². The molecule has 0 saturated heterocycles. The van der Waals surface area contributed by atoms with Crippen LogP contribution in [0.5, 0.6) is 0 Å². The number of nitrogens with zero attached hydrogens (tertiary/aromatic N) is 2. The molecule has 0 atom stereocenters. The minimum Gasteiger partial charge on any atom is -0.397 e. The third-order valence-corrected chi connectivity index (χ3v) is 4.41. The number of aromatic nitrogens is 2. The minimum absolute atomic E-state index is 0.124. The van der Waals surface area contributed by atoms with Crippen molar-refractivity contribution in [3.8, 4) is 0 Å². The van der Waals surface area contributed by atoms with Crippen molar-refractivity contribution in [1.82, 2.24) is 9.97 Å². The van der Waals surface area contributed by atoms with Gasteiger partial charge in [0.1, 0.15) is 5.01 Å². The molecule has 0 bridgehead atoms. The fourth-order valence-electron chi connectivity index (χ4n) is 1.33. The molecule has 2 N–H and O–H groups in total. The molecule has 0 aliphatic heterocycles. The molecule has 0 aliphatic rings. The number of hydrogen-bond donors (Lipinski definition) is 1. The number of anilines is 1. The predicted molar refractivity (Wildman–Crippen MR) is 79.0 cm³/mol. The van der Waals surface area contributed by atoms with E-state index in [0.717, 1.165) is 21.5 Å². The van der Waals surface area contributed by atoms with Gasteiger partial charge >= 0.3 is 0 Å². The van der Waals surface area contributed by atoms with Crippen molar-refractivity contribution in [1.29, 1.82) is 0 Å². The zero-order valence-corrected chi connectivity index (χ0v) is 12.4. The van der Waals surface area contributed by atoms with Gasteiger partial charge in [0.25, 0.3) is 0 Å². The van der Waals surface area contributed by atoms with Crippen molar-refractivity contribution in [2.45, 2.75) is 37.0 Å². The molecule has 3 nitrogen and oxygen atoms in total. The number of rotatable bonds is 3. The molecule has 96 valence electrons. The van der Waals surface area contributed by atoms with Crippen LogP contribution >= 0.6 is 23.1 Å². The molecule has 0 aromatic carbocycles. The zero-order valence-electron chi connectivity index (χ0n) is 10.8. The van der Waals surface area contributed by atoms with E-state index in [-0.39, 0.29) is 5.41 Å². The SMILES string of the molecule is CC(C)(C)c1csc(CSc2ccc(N)cn2)n1. The Balaban J connectivity index is 1.98. The Morgan fingerprint density at radius 2 is 2.11 bits per heavy atom. The molecule has 2 aromatic heterocycles. The molecule has 0 saturated carbocycles. The summed E-state index contributed by atoms with van der Waals surface area (Å²) in [6.45, 7) is 6.54. The van der Waals surface area contributed by atoms with E-state index in [4.69, 9.17) is 5.73 Å². The Labute approximate surface area is 116 Å². The molecule has 2 heterocycles. The summed E-state index contributed by atoms with van der Waals surface area (Å²) in [6.07, 6.45) is 1.69. The monoisotopic (exact) mass is 279 g/mol. The molecule has 0 fully saturated rings. The molecule has 0 unspecified atom stereocenters. The van der Waals surface area contributed by atoms with Crippen molar-refractivity contribution >= 4 is 28.8 Å². The highest BCUT2D eigenvalue weighted by molar-refractivity contribution is 7.98. The predicted octanol–water partition coefficient (Wildman–Crippen LogP) is 3.71. The van der Waals surface area contributed by atoms with E-state index in [1.807, 2.05) is 12.1 Å². The number of pyridine rings is 1. The lowest BCUT2D eigenvalue weighted by atomic mass is 9.93. The molecule has 2 rings (SSSR count). The Morgan fingerprint density at radius 1 is 1.33 bits per heavy atom. The van der Waals surface area contributed by atoms with Gasteiger partial charge in [0, 0.05) is 10.8 Å². The summed E-state index contributed by atoms with van der Waals surface area (Å²) < 4.78 is 0. The lowest BCUT2D eigenvalue weighted by Gasteiger charge is -2.14. The second-order valence-corrected chi connectivity index (χ2v) is 7.03. The van der Waals surface area contributed by atoms with E-state index in [2.05, 4.69) is 36.1 Å². The number of nitrogens with two attached hydrogens (primary N) is 1. The van der Waals surface area contributed by atoms with Gasteiger partial charge in [-0.2, -0.15) is 0 Å². The van der Waals surface area contributed by atoms with Crippen LogP contribution in [0.25, 0.3) is 0 Å². The van der Waals surface area contributed by atoms with E-state index in [1.54, 1.807) is 29.3 Å². The first-order chi connectivity index (χ1) is 8.45. The van der Waals surface area contributed by atoms with Crippen LogP contribution in [0.3, 0.4) is 0 Å². The standard InChI is InChI=1S/C13H17N3S2/c1-13(2,3)10-7-17-12(16-10)8-18-11-5-4-9(14)6-15-11/h4-7H,8,14H2,1-3H3. The highest BCUT2D eigenvalue weighted by Crippen LogP contribution is 2.27. The van der Waals surface area contributed by atoms with Crippen LogP contribution in [0.4, 0.5) is 5.69 Å². The molecular formula is C13H17N3S2. The van der Waals surface area contributed by atoms with Crippen LogP contribution in [-0.2, 0) is 11.2 Å². The zero-order chi connectivity index (χ0) is 13.2. The first-order valence-corrected chi connectivity index (χ1v) is 7.61. The number of thioether (sulfide) groups is 1. The smallest absolute Gasteiger partial charge is 0.103 e. The summed E-state index contributed by atoms with van der Waals surface area (Å²) in [5.41, 5.74) is 7.59. The van der Waals surface area contributed by atoms with Crippen molar-refractivity contribution in [3.63, 3.8) is 0 Å². The van der Waals surface area contributed by atoms with Crippen molar-refractivity contribution in [2.24, 2.45) is 0 Å². The van der Waals surface area contributed by atoms with E-state index < -0.39 is 0 Å². The molecule has 0 aliphatic carbocycles. The van der Waals surface area contributed by atoms with Crippen molar-refractivity contribution < 1.29 is 0 Å². The topological polar surface area (TPSA) is 51.8 Å². The largest absolute Gasteiger partial charge is 0.397 e. The molecule has 2 aromatic rings. The van der Waals surface area contributed by atoms with Crippen molar-refractivity contribution in [2.75, 3.05) is 5.73 Å². The van der Waals surface area contributed by atoms with Crippen LogP contribution in [0.1, 0.15) is 31.5 Å². The van der Waals surface area contributed by atoms with Crippen LogP contribution in [0.2, 0.25) is 0 Å². The van der Waals surface area contributed by atoms with E-state index in [1.165, 1.54) is 0 Å². The average Bonchev–Trinajstić information content (AvgIpc) is 2.77. The van der Waals surface area contributed by atoms with Gasteiger partial charge in [-0.05, 0) is 12.1 Å². The summed E-state index contributed by atoms with van der Waals surface area (Å²) in [5, 5.41) is 4.27. The van der Waals surface area contributed by atoms with Crippen LogP contribution in [0, 0.1) is 0 Å². The molecular weight excluding hydrogens is 262 g/mol. The quantitative estimate of drug-likeness (QED) is 0.870. The van der Waals surface area contributed by atoms with E-state index in [9.17, 15) is 0 Å². The van der Waals surface area contributed by atoms with Gasteiger partial charge in [0.05, 0.1) is 28.4 Å². The normalized spacial score (nSPS) is 11.7. The first-order valence-electron chi connectivity index (χ1n) is 5.74. The molecule has 5 heteroatoms. The number of hydrogen-bond acceptors (Lipinski definition) is 5. The maximum atomic E-state index is 5.60. The number of nitrogen functional groups attached to an aromatic ring is 1. The lowest BCUT2D eigenvalue weighted by Crippen LogP contribution is -2.11. The molecule has 0 amide bonds. The van der Waals surface area contributed by atoms with Gasteiger partial charge in [-0.3, -0.25) is 0 Å². The third-order valence-electron chi connectivity index (χ3n) is 2.42. The van der Waals surface area contributed by atoms with Gasteiger partial charge in [-0.25, -0.2) is 9.97 Å². The van der Waals surface area contributed by atoms with Crippen LogP contribution < -0.4 is 5.73 Å². The van der Waals surface area contributed by atoms with E-state index >= 15 is 0 Å². The molecule has 18 heavy (non-hydrogen) atoms. The Hall–Kier alpha value is -1.07. The molecule has 0 radical (unpaired) electrons. The van der Waals surface area contributed by atoms with Crippen molar-refractivity contribution in [3.05, 3.63) is 34.4 Å². The highest BCUT2D eigenvalue weighted by Gasteiger charge is 2.17. The lowest BCUT2D eigenvalue weighted by molar-refractivity contribution is 0.572. The summed E-state index contributed by atoms with van der Waals surface area (Å²) in [6, 6.07) is 3.82. The fourth-order valence-corrected chi connectivity index (χ4v) is 3.22. The van der Waals surface area contributed by atoms with Gasteiger partial charge < -0.3 is 5.73 Å². The van der Waals surface area contributed by atoms with Crippen LogP contribution in [0.15, 0.2) is 28.7 Å². The first kappa shape index (κ1) is 13.4. The molecule has 0 spiro atoms. The average molecular weight is 279 g/mol. The van der Waals surface area contributed by atoms with Gasteiger partial charge in [0.2, 0.25) is 0 Å². The summed E-state index contributed by atoms with van der Waals surface area (Å²) in [7, 11) is 0. The maximum Gasteiger partial charge on any atom is 0.103 e. The third kappa shape index (κ3) is 3.46. The number of thiazole rings is 1. The minimum atomic E-state index is 0.124. The fraction of sp³-hybridized carbons (Fsp3) is 0.385. The second-order valence-electron chi connectivity index (χ2n) is 5.09.